The number of ether oxygens (including phenoxy) is 2. The molecule has 0 aromatic heterocycles. The molecular formula is C7H14ClNO3. The van der Waals surface area contributed by atoms with E-state index in [1.807, 2.05) is 0 Å². The van der Waals surface area contributed by atoms with Crippen molar-refractivity contribution < 1.29 is 14.3 Å². The van der Waals surface area contributed by atoms with E-state index in [4.69, 9.17) is 4.74 Å². The molecule has 0 amide bonds. The summed E-state index contributed by atoms with van der Waals surface area (Å²) in [4.78, 5) is 11.0. The first kappa shape index (κ1) is 11.7. The van der Waals surface area contributed by atoms with Gasteiger partial charge in [-0.3, -0.25) is 4.79 Å². The third kappa shape index (κ3) is 2.33. The van der Waals surface area contributed by atoms with Crippen molar-refractivity contribution in [2.45, 2.75) is 18.6 Å². The van der Waals surface area contributed by atoms with Crippen LogP contribution < -0.4 is 5.32 Å². The van der Waals surface area contributed by atoms with E-state index in [9.17, 15) is 4.79 Å². The molecule has 1 saturated heterocycles. The van der Waals surface area contributed by atoms with Crippen molar-refractivity contribution in [1.29, 1.82) is 0 Å². The smallest absolute Gasteiger partial charge is 0.325 e. The van der Waals surface area contributed by atoms with Crippen molar-refractivity contribution >= 4 is 18.4 Å². The lowest BCUT2D eigenvalue weighted by Crippen LogP contribution is -2.40. The largest absolute Gasteiger partial charge is 0.468 e. The molecule has 0 spiro atoms. The van der Waals surface area contributed by atoms with Gasteiger partial charge in [0, 0.05) is 7.11 Å². The number of hydrogen-bond donors (Lipinski definition) is 1. The summed E-state index contributed by atoms with van der Waals surface area (Å²) in [5.74, 6) is -0.241. The lowest BCUT2D eigenvalue weighted by atomic mass is 10.2. The molecule has 0 bridgehead atoms. The van der Waals surface area contributed by atoms with Gasteiger partial charge in [-0.15, -0.1) is 12.4 Å². The Balaban J connectivity index is 0.00000121. The van der Waals surface area contributed by atoms with Gasteiger partial charge in [0.25, 0.3) is 0 Å². The van der Waals surface area contributed by atoms with E-state index in [0.717, 1.165) is 13.0 Å². The van der Waals surface area contributed by atoms with Gasteiger partial charge >= 0.3 is 5.97 Å². The van der Waals surface area contributed by atoms with Crippen molar-refractivity contribution in [3.63, 3.8) is 0 Å². The van der Waals surface area contributed by atoms with Gasteiger partial charge in [0.15, 0.2) is 0 Å². The minimum absolute atomic E-state index is 0. The van der Waals surface area contributed by atoms with E-state index >= 15 is 0 Å². The van der Waals surface area contributed by atoms with Gasteiger partial charge in [-0.2, -0.15) is 0 Å². The molecule has 1 fully saturated rings. The Morgan fingerprint density at radius 1 is 1.50 bits per heavy atom. The second-order valence-electron chi connectivity index (χ2n) is 2.52. The number of carbonyl (C=O) groups excluding carboxylic acids is 1. The number of hydrogen-bond acceptors (Lipinski definition) is 4. The Morgan fingerprint density at radius 3 is 2.67 bits per heavy atom. The molecule has 0 aliphatic carbocycles. The summed E-state index contributed by atoms with van der Waals surface area (Å²) >= 11 is 0. The van der Waals surface area contributed by atoms with Crippen LogP contribution in [0.4, 0.5) is 0 Å². The third-order valence-corrected chi connectivity index (χ3v) is 1.92. The highest BCUT2D eigenvalue weighted by Crippen LogP contribution is 2.11. The normalized spacial score (nSPS) is 27.8. The summed E-state index contributed by atoms with van der Waals surface area (Å²) in [6.07, 6.45) is 0.846. The van der Waals surface area contributed by atoms with Crippen molar-refractivity contribution in [2.24, 2.45) is 0 Å². The molecule has 1 aliphatic heterocycles. The van der Waals surface area contributed by atoms with E-state index < -0.39 is 0 Å². The summed E-state index contributed by atoms with van der Waals surface area (Å²) in [5, 5.41) is 3.01. The monoisotopic (exact) mass is 195 g/mol. The summed E-state index contributed by atoms with van der Waals surface area (Å²) in [6, 6.07) is -0.273. The molecule has 2 atom stereocenters. The first-order chi connectivity index (χ1) is 5.29. The van der Waals surface area contributed by atoms with Crippen LogP contribution in [0.5, 0.6) is 0 Å². The van der Waals surface area contributed by atoms with Gasteiger partial charge in [-0.1, -0.05) is 0 Å². The highest BCUT2D eigenvalue weighted by atomic mass is 35.5. The summed E-state index contributed by atoms with van der Waals surface area (Å²) in [6.45, 7) is 0.818. The summed E-state index contributed by atoms with van der Waals surface area (Å²) in [5.41, 5.74) is 0. The fraction of sp³-hybridized carbons (Fsp3) is 0.857. The first-order valence-corrected chi connectivity index (χ1v) is 3.63. The first-order valence-electron chi connectivity index (χ1n) is 3.63. The maximum Gasteiger partial charge on any atom is 0.325 e. The van der Waals surface area contributed by atoms with Crippen LogP contribution in [0.15, 0.2) is 0 Å². The van der Waals surface area contributed by atoms with Crippen LogP contribution in [0.1, 0.15) is 6.42 Å². The standard InChI is InChI=1S/C7H13NO3.ClH/c1-10-5-3-4-8-6(5)7(9)11-2;/h5-6,8H,3-4H2,1-2H3;1H. The number of nitrogens with one attached hydrogen (secondary N) is 1. The predicted molar refractivity (Wildman–Crippen MR) is 46.5 cm³/mol. The molecule has 1 aliphatic rings. The molecule has 1 heterocycles. The molecule has 0 saturated carbocycles. The minimum Gasteiger partial charge on any atom is -0.468 e. The van der Waals surface area contributed by atoms with E-state index in [0.29, 0.717) is 0 Å². The fourth-order valence-corrected chi connectivity index (χ4v) is 1.30. The second kappa shape index (κ2) is 5.35. The lowest BCUT2D eigenvalue weighted by molar-refractivity contribution is -0.145. The molecule has 4 nitrogen and oxygen atoms in total. The molecule has 72 valence electrons. The molecule has 2 unspecified atom stereocenters. The van der Waals surface area contributed by atoms with Crippen molar-refractivity contribution in [3.05, 3.63) is 0 Å². The van der Waals surface area contributed by atoms with Crippen LogP contribution in [0.2, 0.25) is 0 Å². The van der Waals surface area contributed by atoms with Crippen LogP contribution in [-0.4, -0.2) is 38.9 Å². The Kier molecular flexibility index (Phi) is 5.20. The number of carbonyl (C=O) groups is 1. The maximum atomic E-state index is 11.0. The van der Waals surface area contributed by atoms with Crippen LogP contribution in [-0.2, 0) is 14.3 Å². The van der Waals surface area contributed by atoms with Crippen molar-refractivity contribution in [1.82, 2.24) is 5.32 Å². The molecule has 0 aromatic carbocycles. The third-order valence-electron chi connectivity index (χ3n) is 1.92. The molecule has 12 heavy (non-hydrogen) atoms. The number of halogens is 1. The van der Waals surface area contributed by atoms with Gasteiger partial charge < -0.3 is 14.8 Å². The van der Waals surface area contributed by atoms with Crippen LogP contribution >= 0.6 is 12.4 Å². The van der Waals surface area contributed by atoms with E-state index in [2.05, 4.69) is 10.1 Å². The van der Waals surface area contributed by atoms with Crippen LogP contribution in [0.25, 0.3) is 0 Å². The Bertz CT molecular complexity index is 154. The number of rotatable bonds is 2. The van der Waals surface area contributed by atoms with Gasteiger partial charge in [0.05, 0.1) is 13.2 Å². The van der Waals surface area contributed by atoms with Gasteiger partial charge in [-0.05, 0) is 13.0 Å². The Morgan fingerprint density at radius 2 is 2.17 bits per heavy atom. The quantitative estimate of drug-likeness (QED) is 0.629. The molecule has 5 heteroatoms. The zero-order chi connectivity index (χ0) is 8.27. The molecule has 0 radical (unpaired) electrons. The minimum atomic E-state index is -0.273. The Labute approximate surface area is 78.0 Å². The number of esters is 1. The van der Waals surface area contributed by atoms with E-state index in [1.165, 1.54) is 7.11 Å². The van der Waals surface area contributed by atoms with Crippen LogP contribution in [0, 0.1) is 0 Å². The lowest BCUT2D eigenvalue weighted by Gasteiger charge is -2.14. The van der Waals surface area contributed by atoms with Crippen LogP contribution in [0.3, 0.4) is 0 Å². The highest BCUT2D eigenvalue weighted by molar-refractivity contribution is 5.85. The summed E-state index contributed by atoms with van der Waals surface area (Å²) in [7, 11) is 2.99. The van der Waals surface area contributed by atoms with Gasteiger partial charge in [-0.25, -0.2) is 0 Å². The zero-order valence-corrected chi connectivity index (χ0v) is 8.02. The van der Waals surface area contributed by atoms with Crippen molar-refractivity contribution in [2.75, 3.05) is 20.8 Å². The van der Waals surface area contributed by atoms with Gasteiger partial charge in [0.1, 0.15) is 6.04 Å². The number of methoxy groups -OCH3 is 2. The predicted octanol–water partition coefficient (Wildman–Crippen LogP) is -0.0419. The average molecular weight is 196 g/mol. The van der Waals surface area contributed by atoms with E-state index in [1.54, 1.807) is 7.11 Å². The maximum absolute atomic E-state index is 11.0. The topological polar surface area (TPSA) is 47.6 Å². The molecular weight excluding hydrogens is 182 g/mol. The SMILES string of the molecule is COC(=O)C1NCCC1OC.Cl. The summed E-state index contributed by atoms with van der Waals surface area (Å²) < 4.78 is 9.67. The van der Waals surface area contributed by atoms with Gasteiger partial charge in [0.2, 0.25) is 0 Å². The van der Waals surface area contributed by atoms with Crippen molar-refractivity contribution in [3.8, 4) is 0 Å². The zero-order valence-electron chi connectivity index (χ0n) is 7.20. The fourth-order valence-electron chi connectivity index (χ4n) is 1.30. The molecule has 1 rings (SSSR count). The van der Waals surface area contributed by atoms with E-state index in [-0.39, 0.29) is 30.5 Å². The molecule has 0 aromatic rings. The second-order valence-corrected chi connectivity index (χ2v) is 2.52. The highest BCUT2D eigenvalue weighted by Gasteiger charge is 2.33. The Hall–Kier alpha value is -0.320. The average Bonchev–Trinajstić information content (AvgIpc) is 2.50. The molecule has 1 N–H and O–H groups in total.